The molecule has 1 aromatic heterocycles. The Labute approximate surface area is 178 Å². The van der Waals surface area contributed by atoms with E-state index in [1.54, 1.807) is 18.2 Å². The van der Waals surface area contributed by atoms with Gasteiger partial charge in [-0.3, -0.25) is 9.36 Å². The number of phenolic OH excluding ortho intramolecular Hbond substituents is 1. The number of rotatable bonds is 7. The zero-order chi connectivity index (χ0) is 20.8. The Hall–Kier alpha value is -3.58. The molecular weight excluding hydrogens is 396 g/mol. The lowest BCUT2D eigenvalue weighted by Gasteiger charge is -2.11. The molecule has 0 unspecified atom stereocenters. The molecule has 0 atom stereocenters. The number of aromatic nitrogens is 3. The van der Waals surface area contributed by atoms with Crippen LogP contribution < -0.4 is 5.32 Å². The van der Waals surface area contributed by atoms with Crippen LogP contribution in [-0.4, -0.2) is 31.5 Å². The smallest absolute Gasteiger partial charge is 0.234 e. The summed E-state index contributed by atoms with van der Waals surface area (Å²) in [5.74, 6) is 0.713. The molecule has 4 rings (SSSR count). The fourth-order valence-corrected chi connectivity index (χ4v) is 3.74. The molecule has 1 heterocycles. The first-order chi connectivity index (χ1) is 14.7. The lowest BCUT2D eigenvalue weighted by atomic mass is 10.2. The van der Waals surface area contributed by atoms with Crippen LogP contribution in [0.3, 0.4) is 0 Å². The summed E-state index contributed by atoms with van der Waals surface area (Å²) in [6.45, 7) is 0.599. The summed E-state index contributed by atoms with van der Waals surface area (Å²) in [5.41, 5.74) is 2.47. The number of carbonyl (C=O) groups excluding carboxylic acids is 1. The predicted molar refractivity (Wildman–Crippen MR) is 118 cm³/mol. The number of thioether (sulfide) groups is 1. The Kier molecular flexibility index (Phi) is 6.10. The highest BCUT2D eigenvalue weighted by atomic mass is 32.2. The molecule has 0 radical (unpaired) electrons. The van der Waals surface area contributed by atoms with Crippen molar-refractivity contribution in [3.05, 3.63) is 90.5 Å². The highest BCUT2D eigenvalue weighted by Crippen LogP contribution is 2.26. The van der Waals surface area contributed by atoms with E-state index in [1.807, 2.05) is 65.2 Å². The third-order valence-corrected chi connectivity index (χ3v) is 5.41. The number of nitrogens with one attached hydrogen (secondary N) is 1. The van der Waals surface area contributed by atoms with Gasteiger partial charge in [0.05, 0.1) is 18.0 Å². The fourth-order valence-electron chi connectivity index (χ4n) is 3.00. The summed E-state index contributed by atoms with van der Waals surface area (Å²) in [7, 11) is 0. The number of amides is 1. The molecule has 0 bridgehead atoms. The van der Waals surface area contributed by atoms with Crippen molar-refractivity contribution in [2.75, 3.05) is 11.1 Å². The second-order valence-electron chi connectivity index (χ2n) is 6.60. The minimum absolute atomic E-state index is 0.0365. The van der Waals surface area contributed by atoms with E-state index in [9.17, 15) is 9.90 Å². The summed E-state index contributed by atoms with van der Waals surface area (Å²) in [5, 5.41) is 21.9. The van der Waals surface area contributed by atoms with E-state index in [1.165, 1.54) is 17.8 Å². The van der Waals surface area contributed by atoms with Crippen molar-refractivity contribution in [1.82, 2.24) is 14.8 Å². The molecule has 0 saturated heterocycles. The van der Waals surface area contributed by atoms with E-state index in [4.69, 9.17) is 0 Å². The first kappa shape index (κ1) is 19.7. The van der Waals surface area contributed by atoms with Gasteiger partial charge in [0.25, 0.3) is 0 Å². The van der Waals surface area contributed by atoms with E-state index in [0.717, 1.165) is 17.0 Å². The molecular formula is C23H20N4O2S. The summed E-state index contributed by atoms with van der Waals surface area (Å²) in [4.78, 5) is 12.4. The molecule has 0 aliphatic rings. The molecule has 0 spiro atoms. The average molecular weight is 417 g/mol. The van der Waals surface area contributed by atoms with Crippen molar-refractivity contribution in [2.24, 2.45) is 0 Å². The quantitative estimate of drug-likeness (QED) is 0.344. The van der Waals surface area contributed by atoms with Crippen molar-refractivity contribution in [3.63, 3.8) is 0 Å². The van der Waals surface area contributed by atoms with Crippen molar-refractivity contribution in [1.29, 1.82) is 0 Å². The number of anilines is 1. The largest absolute Gasteiger partial charge is 0.506 e. The van der Waals surface area contributed by atoms with E-state index in [2.05, 4.69) is 15.5 Å². The third-order valence-electron chi connectivity index (χ3n) is 4.44. The van der Waals surface area contributed by atoms with Crippen LogP contribution in [-0.2, 0) is 11.3 Å². The maximum Gasteiger partial charge on any atom is 0.234 e. The predicted octanol–water partition coefficient (Wildman–Crippen LogP) is 4.43. The van der Waals surface area contributed by atoms with Gasteiger partial charge < -0.3 is 10.4 Å². The maximum atomic E-state index is 12.4. The number of para-hydroxylation sites is 2. The van der Waals surface area contributed by atoms with E-state index >= 15 is 0 Å². The van der Waals surface area contributed by atoms with Crippen LogP contribution in [0.15, 0.2) is 90.1 Å². The van der Waals surface area contributed by atoms with Crippen molar-refractivity contribution in [2.45, 2.75) is 11.7 Å². The summed E-state index contributed by atoms with van der Waals surface area (Å²) in [6, 6.07) is 26.6. The Morgan fingerprint density at radius 2 is 1.57 bits per heavy atom. The van der Waals surface area contributed by atoms with Crippen molar-refractivity contribution >= 4 is 23.4 Å². The molecule has 0 aliphatic carbocycles. The molecule has 6 nitrogen and oxygen atoms in total. The van der Waals surface area contributed by atoms with Gasteiger partial charge in [-0.05, 0) is 17.7 Å². The number of phenols is 1. The highest BCUT2D eigenvalue weighted by molar-refractivity contribution is 7.99. The second-order valence-corrected chi connectivity index (χ2v) is 7.54. The molecule has 4 aromatic rings. The van der Waals surface area contributed by atoms with Gasteiger partial charge >= 0.3 is 0 Å². The van der Waals surface area contributed by atoms with E-state index < -0.39 is 0 Å². The van der Waals surface area contributed by atoms with Gasteiger partial charge in [-0.1, -0.05) is 84.6 Å². The fraction of sp³-hybridized carbons (Fsp3) is 0.0870. The number of hydrogen-bond acceptors (Lipinski definition) is 5. The van der Waals surface area contributed by atoms with E-state index in [-0.39, 0.29) is 17.4 Å². The van der Waals surface area contributed by atoms with Gasteiger partial charge in [0, 0.05) is 5.56 Å². The molecule has 0 aliphatic heterocycles. The van der Waals surface area contributed by atoms with Gasteiger partial charge in [0.1, 0.15) is 5.75 Å². The first-order valence-electron chi connectivity index (χ1n) is 9.44. The zero-order valence-electron chi connectivity index (χ0n) is 16.1. The number of benzene rings is 3. The van der Waals surface area contributed by atoms with Crippen molar-refractivity contribution < 1.29 is 9.90 Å². The van der Waals surface area contributed by atoms with Gasteiger partial charge in [-0.15, -0.1) is 10.2 Å². The molecule has 150 valence electrons. The van der Waals surface area contributed by atoms with Gasteiger partial charge in [-0.25, -0.2) is 0 Å². The Morgan fingerprint density at radius 1 is 0.900 bits per heavy atom. The molecule has 30 heavy (non-hydrogen) atoms. The van der Waals surface area contributed by atoms with Gasteiger partial charge in [0.2, 0.25) is 5.91 Å². The van der Waals surface area contributed by atoms with Crippen LogP contribution in [0.25, 0.3) is 11.4 Å². The lowest BCUT2D eigenvalue weighted by Crippen LogP contribution is -2.15. The Bertz CT molecular complexity index is 1130. The number of hydrogen-bond donors (Lipinski definition) is 2. The minimum Gasteiger partial charge on any atom is -0.506 e. The molecule has 0 fully saturated rings. The standard InChI is InChI=1S/C23H20N4O2S/c28-20-14-8-7-13-19(20)24-21(29)16-30-23-26-25-22(18-11-5-2-6-12-18)27(23)15-17-9-3-1-4-10-17/h1-14,28H,15-16H2,(H,24,29). The van der Waals surface area contributed by atoms with Crippen LogP contribution in [0.2, 0.25) is 0 Å². The number of nitrogens with zero attached hydrogens (tertiary/aromatic N) is 3. The summed E-state index contributed by atoms with van der Waals surface area (Å²) >= 11 is 1.31. The molecule has 2 N–H and O–H groups in total. The second kappa shape index (κ2) is 9.28. The highest BCUT2D eigenvalue weighted by Gasteiger charge is 2.16. The van der Waals surface area contributed by atoms with Crippen LogP contribution in [0.4, 0.5) is 5.69 Å². The van der Waals surface area contributed by atoms with Gasteiger partial charge in [-0.2, -0.15) is 0 Å². The molecule has 7 heteroatoms. The zero-order valence-corrected chi connectivity index (χ0v) is 16.9. The summed E-state index contributed by atoms with van der Waals surface area (Å²) < 4.78 is 2.02. The molecule has 3 aromatic carbocycles. The topological polar surface area (TPSA) is 80.0 Å². The van der Waals surface area contributed by atoms with E-state index in [0.29, 0.717) is 17.4 Å². The van der Waals surface area contributed by atoms with Crippen LogP contribution in [0, 0.1) is 0 Å². The summed E-state index contributed by atoms with van der Waals surface area (Å²) in [6.07, 6.45) is 0. The number of carbonyl (C=O) groups is 1. The third kappa shape index (κ3) is 4.69. The monoisotopic (exact) mass is 416 g/mol. The van der Waals surface area contributed by atoms with Crippen LogP contribution in [0.1, 0.15) is 5.56 Å². The van der Waals surface area contributed by atoms with Gasteiger partial charge in [0.15, 0.2) is 11.0 Å². The number of aromatic hydroxyl groups is 1. The average Bonchev–Trinajstić information content (AvgIpc) is 3.17. The normalized spacial score (nSPS) is 10.7. The molecule has 1 amide bonds. The van der Waals surface area contributed by atoms with Crippen LogP contribution in [0.5, 0.6) is 5.75 Å². The Morgan fingerprint density at radius 3 is 2.30 bits per heavy atom. The maximum absolute atomic E-state index is 12.4. The first-order valence-corrected chi connectivity index (χ1v) is 10.4. The SMILES string of the molecule is O=C(CSc1nnc(-c2ccccc2)n1Cc1ccccc1)Nc1ccccc1O. The lowest BCUT2D eigenvalue weighted by molar-refractivity contribution is -0.113. The van der Waals surface area contributed by atoms with Crippen molar-refractivity contribution in [3.8, 4) is 17.1 Å². The Balaban J connectivity index is 1.54. The van der Waals surface area contributed by atoms with Crippen LogP contribution >= 0.6 is 11.8 Å². The minimum atomic E-state index is -0.225. The molecule has 0 saturated carbocycles.